The van der Waals surface area contributed by atoms with Crippen LogP contribution in [0, 0.1) is 0 Å². The number of piperidine rings is 1. The summed E-state index contributed by atoms with van der Waals surface area (Å²) in [6, 6.07) is 15.9. The first-order chi connectivity index (χ1) is 13.5. The summed E-state index contributed by atoms with van der Waals surface area (Å²) in [5.41, 5.74) is 1.87. The normalized spacial score (nSPS) is 14.5. The summed E-state index contributed by atoms with van der Waals surface area (Å²) in [5, 5.41) is 12.0. The van der Waals surface area contributed by atoms with Crippen LogP contribution in [0.1, 0.15) is 45.5 Å². The first kappa shape index (κ1) is 19.6. The molecule has 0 aromatic heterocycles. The predicted molar refractivity (Wildman–Crippen MR) is 105 cm³/mol. The Labute approximate surface area is 164 Å². The van der Waals surface area contributed by atoms with Crippen LogP contribution in [0.15, 0.2) is 54.6 Å². The zero-order valence-electron chi connectivity index (χ0n) is 15.6. The highest BCUT2D eigenvalue weighted by Crippen LogP contribution is 2.14. The lowest BCUT2D eigenvalue weighted by atomic mass is 10.0. The molecule has 1 aliphatic heterocycles. The van der Waals surface area contributed by atoms with Crippen molar-refractivity contribution < 1.29 is 19.5 Å². The van der Waals surface area contributed by atoms with E-state index in [0.717, 1.165) is 18.4 Å². The lowest BCUT2D eigenvalue weighted by Crippen LogP contribution is -2.46. The van der Waals surface area contributed by atoms with Crippen LogP contribution in [-0.2, 0) is 11.2 Å². The van der Waals surface area contributed by atoms with E-state index in [-0.39, 0.29) is 23.4 Å². The summed E-state index contributed by atoms with van der Waals surface area (Å²) in [6.45, 7) is 1.27. The second-order valence-corrected chi connectivity index (χ2v) is 7.00. The number of nitrogens with one attached hydrogen (secondary N) is 1. The number of carboxylic acids is 1. The highest BCUT2D eigenvalue weighted by Gasteiger charge is 2.24. The monoisotopic (exact) mass is 380 g/mol. The van der Waals surface area contributed by atoms with Gasteiger partial charge in [0, 0.05) is 31.1 Å². The average molecular weight is 380 g/mol. The molecule has 6 heteroatoms. The number of likely N-dealkylation sites (tertiary alicyclic amines) is 1. The number of aryl methyl sites for hydroxylation is 1. The van der Waals surface area contributed by atoms with Crippen molar-refractivity contribution in [3.8, 4) is 0 Å². The quantitative estimate of drug-likeness (QED) is 0.807. The first-order valence-corrected chi connectivity index (χ1v) is 9.49. The zero-order chi connectivity index (χ0) is 19.9. The molecule has 6 nitrogen and oxygen atoms in total. The Balaban J connectivity index is 1.41. The topological polar surface area (TPSA) is 86.7 Å². The van der Waals surface area contributed by atoms with E-state index in [4.69, 9.17) is 5.11 Å². The molecule has 0 saturated carbocycles. The van der Waals surface area contributed by atoms with Gasteiger partial charge in [-0.25, -0.2) is 4.79 Å². The number of hydrogen-bond donors (Lipinski definition) is 2. The maximum absolute atomic E-state index is 12.5. The molecule has 146 valence electrons. The highest BCUT2D eigenvalue weighted by molar-refractivity contribution is 5.94. The average Bonchev–Trinajstić information content (AvgIpc) is 2.73. The Kier molecular flexibility index (Phi) is 6.42. The van der Waals surface area contributed by atoms with Crippen molar-refractivity contribution in [2.45, 2.75) is 31.7 Å². The molecule has 0 bridgehead atoms. The second-order valence-electron chi connectivity index (χ2n) is 7.00. The van der Waals surface area contributed by atoms with Crippen molar-refractivity contribution in [2.24, 2.45) is 0 Å². The highest BCUT2D eigenvalue weighted by atomic mass is 16.4. The van der Waals surface area contributed by atoms with Crippen LogP contribution in [0.25, 0.3) is 0 Å². The van der Waals surface area contributed by atoms with Gasteiger partial charge in [0.15, 0.2) is 0 Å². The number of carbonyl (C=O) groups excluding carboxylic acids is 2. The van der Waals surface area contributed by atoms with E-state index in [1.807, 2.05) is 35.2 Å². The van der Waals surface area contributed by atoms with E-state index in [2.05, 4.69) is 5.32 Å². The summed E-state index contributed by atoms with van der Waals surface area (Å²) in [6.07, 6.45) is 2.42. The van der Waals surface area contributed by atoms with Gasteiger partial charge in [-0.3, -0.25) is 9.59 Å². The molecule has 1 aliphatic rings. The SMILES string of the molecule is O=C(CCc1ccc(C(=O)O)cc1)NC1CCN(C(=O)c2ccccc2)CC1. The number of hydrogen-bond acceptors (Lipinski definition) is 3. The van der Waals surface area contributed by atoms with Crippen LogP contribution in [0.4, 0.5) is 0 Å². The smallest absolute Gasteiger partial charge is 0.335 e. The van der Waals surface area contributed by atoms with Crippen molar-refractivity contribution >= 4 is 17.8 Å². The van der Waals surface area contributed by atoms with Crippen LogP contribution >= 0.6 is 0 Å². The van der Waals surface area contributed by atoms with Crippen molar-refractivity contribution in [1.29, 1.82) is 0 Å². The Hall–Kier alpha value is -3.15. The first-order valence-electron chi connectivity index (χ1n) is 9.49. The van der Waals surface area contributed by atoms with Gasteiger partial charge in [-0.15, -0.1) is 0 Å². The van der Waals surface area contributed by atoms with E-state index in [1.165, 1.54) is 0 Å². The van der Waals surface area contributed by atoms with Gasteiger partial charge in [0.1, 0.15) is 0 Å². The molecule has 0 unspecified atom stereocenters. The Morgan fingerprint density at radius 1 is 0.929 bits per heavy atom. The van der Waals surface area contributed by atoms with Crippen LogP contribution in [0.2, 0.25) is 0 Å². The lowest BCUT2D eigenvalue weighted by molar-refractivity contribution is -0.122. The Morgan fingerprint density at radius 3 is 2.18 bits per heavy atom. The molecule has 0 aliphatic carbocycles. The molecule has 3 rings (SSSR count). The van der Waals surface area contributed by atoms with E-state index in [0.29, 0.717) is 31.5 Å². The fourth-order valence-electron chi connectivity index (χ4n) is 3.36. The number of rotatable bonds is 6. The molecule has 1 heterocycles. The van der Waals surface area contributed by atoms with E-state index in [1.54, 1.807) is 24.3 Å². The molecule has 0 spiro atoms. The Morgan fingerprint density at radius 2 is 1.57 bits per heavy atom. The molecule has 1 fully saturated rings. The molecule has 1 saturated heterocycles. The van der Waals surface area contributed by atoms with Gasteiger partial charge in [0.05, 0.1) is 5.56 Å². The molecule has 2 aromatic carbocycles. The van der Waals surface area contributed by atoms with E-state index in [9.17, 15) is 14.4 Å². The minimum atomic E-state index is -0.957. The third-order valence-corrected chi connectivity index (χ3v) is 5.01. The van der Waals surface area contributed by atoms with Gasteiger partial charge in [-0.1, -0.05) is 30.3 Å². The maximum atomic E-state index is 12.5. The maximum Gasteiger partial charge on any atom is 0.335 e. The van der Waals surface area contributed by atoms with Crippen LogP contribution in [0.5, 0.6) is 0 Å². The number of aromatic carboxylic acids is 1. The van der Waals surface area contributed by atoms with Crippen LogP contribution < -0.4 is 5.32 Å². The number of carbonyl (C=O) groups is 3. The molecule has 2 amide bonds. The largest absolute Gasteiger partial charge is 0.478 e. The van der Waals surface area contributed by atoms with Crippen molar-refractivity contribution in [3.05, 3.63) is 71.3 Å². The lowest BCUT2D eigenvalue weighted by Gasteiger charge is -2.32. The molecule has 2 aromatic rings. The van der Waals surface area contributed by atoms with Crippen molar-refractivity contribution in [3.63, 3.8) is 0 Å². The summed E-state index contributed by atoms with van der Waals surface area (Å²) in [7, 11) is 0. The summed E-state index contributed by atoms with van der Waals surface area (Å²) in [5.74, 6) is -0.938. The summed E-state index contributed by atoms with van der Waals surface area (Å²) >= 11 is 0. The van der Waals surface area contributed by atoms with Gasteiger partial charge in [0.2, 0.25) is 5.91 Å². The number of amides is 2. The predicted octanol–water partition coefficient (Wildman–Crippen LogP) is 2.74. The zero-order valence-corrected chi connectivity index (χ0v) is 15.6. The van der Waals surface area contributed by atoms with Gasteiger partial charge < -0.3 is 15.3 Å². The molecular formula is C22H24N2O4. The summed E-state index contributed by atoms with van der Waals surface area (Å²) in [4.78, 5) is 37.4. The fourth-order valence-corrected chi connectivity index (χ4v) is 3.36. The molecule has 2 N–H and O–H groups in total. The van der Waals surface area contributed by atoms with Crippen LogP contribution in [-0.4, -0.2) is 46.9 Å². The van der Waals surface area contributed by atoms with Gasteiger partial charge in [-0.05, 0) is 49.1 Å². The van der Waals surface area contributed by atoms with Gasteiger partial charge in [-0.2, -0.15) is 0 Å². The minimum Gasteiger partial charge on any atom is -0.478 e. The fraction of sp³-hybridized carbons (Fsp3) is 0.318. The third-order valence-electron chi connectivity index (χ3n) is 5.01. The van der Waals surface area contributed by atoms with Crippen molar-refractivity contribution in [1.82, 2.24) is 10.2 Å². The number of nitrogens with zero attached hydrogens (tertiary/aromatic N) is 1. The Bertz CT molecular complexity index is 825. The number of carboxylic acid groups (broad SMARTS) is 1. The summed E-state index contributed by atoms with van der Waals surface area (Å²) < 4.78 is 0. The standard InChI is InChI=1S/C22H24N2O4/c25-20(11-8-16-6-9-18(10-7-16)22(27)28)23-19-12-14-24(15-13-19)21(26)17-4-2-1-3-5-17/h1-7,9-10,19H,8,11-15H2,(H,23,25)(H,27,28). The third kappa shape index (κ3) is 5.19. The van der Waals surface area contributed by atoms with E-state index >= 15 is 0 Å². The van der Waals surface area contributed by atoms with Gasteiger partial charge >= 0.3 is 5.97 Å². The van der Waals surface area contributed by atoms with E-state index < -0.39 is 5.97 Å². The van der Waals surface area contributed by atoms with Crippen LogP contribution in [0.3, 0.4) is 0 Å². The molecular weight excluding hydrogens is 356 g/mol. The minimum absolute atomic E-state index is 0.0184. The van der Waals surface area contributed by atoms with Gasteiger partial charge in [0.25, 0.3) is 5.91 Å². The van der Waals surface area contributed by atoms with Crippen molar-refractivity contribution in [2.75, 3.05) is 13.1 Å². The number of benzene rings is 2. The molecule has 0 atom stereocenters. The molecule has 28 heavy (non-hydrogen) atoms. The molecule has 0 radical (unpaired) electrons. The second kappa shape index (κ2) is 9.17.